The second-order valence-corrected chi connectivity index (χ2v) is 8.29. The molecule has 9 heteroatoms. The van der Waals surface area contributed by atoms with Crippen molar-refractivity contribution in [3.8, 4) is 33.6 Å². The second-order valence-electron chi connectivity index (χ2n) is 7.41. The van der Waals surface area contributed by atoms with Crippen LogP contribution in [0.3, 0.4) is 0 Å². The van der Waals surface area contributed by atoms with Crippen LogP contribution >= 0.6 is 35.6 Å². The van der Waals surface area contributed by atoms with Crippen LogP contribution in [0.5, 0.6) is 0 Å². The van der Waals surface area contributed by atoms with E-state index in [1.165, 1.54) is 12.3 Å². The molecule has 0 N–H and O–H groups in total. The van der Waals surface area contributed by atoms with Crippen molar-refractivity contribution < 1.29 is 13.2 Å². The van der Waals surface area contributed by atoms with E-state index in [2.05, 4.69) is 4.98 Å². The molecule has 2 aromatic heterocycles. The van der Waals surface area contributed by atoms with Crippen LogP contribution in [0.1, 0.15) is 5.56 Å². The number of hydrogen-bond donors (Lipinski definition) is 0. The molecule has 0 saturated heterocycles. The maximum Gasteiger partial charge on any atom is 0.416 e. The predicted molar refractivity (Wildman–Crippen MR) is 132 cm³/mol. The molecule has 34 heavy (non-hydrogen) atoms. The molecule has 0 radical (unpaired) electrons. The zero-order chi connectivity index (χ0) is 23.2. The van der Waals surface area contributed by atoms with Crippen LogP contribution in [0.4, 0.5) is 13.2 Å². The third kappa shape index (κ3) is 4.62. The molecule has 3 aromatic carbocycles. The highest BCUT2D eigenvalue weighted by molar-refractivity contribution is 6.31. The molecule has 0 bridgehead atoms. The van der Waals surface area contributed by atoms with E-state index in [0.29, 0.717) is 32.6 Å². The number of imidazole rings is 1. The van der Waals surface area contributed by atoms with E-state index in [0.717, 1.165) is 29.0 Å². The minimum absolute atomic E-state index is 0. The van der Waals surface area contributed by atoms with E-state index in [-0.39, 0.29) is 12.4 Å². The molecule has 5 rings (SSSR count). The van der Waals surface area contributed by atoms with Gasteiger partial charge in [-0.15, -0.1) is 12.4 Å². The van der Waals surface area contributed by atoms with Gasteiger partial charge in [0.1, 0.15) is 0 Å². The van der Waals surface area contributed by atoms with Gasteiger partial charge in [-0.1, -0.05) is 59.6 Å². The number of alkyl halides is 3. The predicted octanol–water partition coefficient (Wildman–Crippen LogP) is 8.48. The number of nitrogens with zero attached hydrogens (tertiary/aromatic N) is 3. The van der Waals surface area contributed by atoms with Gasteiger partial charge in [0.05, 0.1) is 17.0 Å². The van der Waals surface area contributed by atoms with Gasteiger partial charge in [-0.2, -0.15) is 13.2 Å². The average Bonchev–Trinajstić information content (AvgIpc) is 3.18. The van der Waals surface area contributed by atoms with Gasteiger partial charge < -0.3 is 0 Å². The SMILES string of the molecule is Cl.FC(F)(F)c1cccc(-c2cnc3nc(-c4ccc(Cl)cc4)c(-c4ccc(Cl)cc4)n3c2)c1. The van der Waals surface area contributed by atoms with Crippen molar-refractivity contribution in [2.45, 2.75) is 6.18 Å². The Hall–Kier alpha value is -3.06. The first kappa shape index (κ1) is 24.1. The molecular formula is C25H15Cl3F3N3. The first-order valence-electron chi connectivity index (χ1n) is 9.87. The molecule has 2 heterocycles. The lowest BCUT2D eigenvalue weighted by Crippen LogP contribution is -2.04. The number of rotatable bonds is 3. The Morgan fingerprint density at radius 2 is 1.35 bits per heavy atom. The molecule has 0 aliphatic rings. The number of aromatic nitrogens is 3. The largest absolute Gasteiger partial charge is 0.416 e. The first-order chi connectivity index (χ1) is 15.8. The summed E-state index contributed by atoms with van der Waals surface area (Å²) in [5.41, 5.74) is 3.29. The van der Waals surface area contributed by atoms with E-state index in [1.54, 1.807) is 40.9 Å². The van der Waals surface area contributed by atoms with Crippen LogP contribution in [0.25, 0.3) is 39.4 Å². The first-order valence-corrected chi connectivity index (χ1v) is 10.6. The molecule has 0 amide bonds. The van der Waals surface area contributed by atoms with Crippen LogP contribution in [0.15, 0.2) is 85.2 Å². The van der Waals surface area contributed by atoms with Crippen molar-refractivity contribution in [1.82, 2.24) is 14.4 Å². The van der Waals surface area contributed by atoms with Gasteiger partial charge in [0, 0.05) is 39.1 Å². The standard InChI is InChI=1S/C25H14Cl2F3N3.ClH/c26-20-8-4-15(5-9-20)22-23(16-6-10-21(27)11-7-16)33-14-18(13-31-24(33)32-22)17-2-1-3-19(12-17)25(28,29)30;/h1-14H;1H. The molecule has 172 valence electrons. The Bertz CT molecular complexity index is 1460. The maximum absolute atomic E-state index is 13.2. The third-order valence-electron chi connectivity index (χ3n) is 5.24. The summed E-state index contributed by atoms with van der Waals surface area (Å²) in [6.07, 6.45) is -1.16. The van der Waals surface area contributed by atoms with Crippen LogP contribution in [0, 0.1) is 0 Å². The fraction of sp³-hybridized carbons (Fsp3) is 0.0400. The molecule has 0 fully saturated rings. The summed E-state index contributed by atoms with van der Waals surface area (Å²) in [4.78, 5) is 9.13. The van der Waals surface area contributed by atoms with E-state index in [1.807, 2.05) is 24.3 Å². The molecule has 0 atom stereocenters. The zero-order valence-electron chi connectivity index (χ0n) is 17.2. The molecule has 0 spiro atoms. The fourth-order valence-electron chi connectivity index (χ4n) is 3.65. The lowest BCUT2D eigenvalue weighted by Gasteiger charge is -2.10. The van der Waals surface area contributed by atoms with Gasteiger partial charge in [0.25, 0.3) is 0 Å². The highest BCUT2D eigenvalue weighted by atomic mass is 35.5. The maximum atomic E-state index is 13.2. The van der Waals surface area contributed by atoms with E-state index in [9.17, 15) is 13.2 Å². The summed E-state index contributed by atoms with van der Waals surface area (Å²) in [5.74, 6) is 0.417. The summed E-state index contributed by atoms with van der Waals surface area (Å²) in [6.45, 7) is 0. The van der Waals surface area contributed by atoms with Gasteiger partial charge in [-0.25, -0.2) is 9.97 Å². The Morgan fingerprint density at radius 3 is 1.97 bits per heavy atom. The van der Waals surface area contributed by atoms with Crippen molar-refractivity contribution in [2.75, 3.05) is 0 Å². The second kappa shape index (κ2) is 9.29. The Labute approximate surface area is 209 Å². The molecule has 0 saturated carbocycles. The average molecular weight is 521 g/mol. The molecule has 0 aliphatic carbocycles. The van der Waals surface area contributed by atoms with Gasteiger partial charge >= 0.3 is 6.18 Å². The number of fused-ring (bicyclic) bond motifs is 1. The van der Waals surface area contributed by atoms with Crippen molar-refractivity contribution in [3.63, 3.8) is 0 Å². The Morgan fingerprint density at radius 1 is 0.735 bits per heavy atom. The van der Waals surface area contributed by atoms with Crippen molar-refractivity contribution in [2.24, 2.45) is 0 Å². The fourth-order valence-corrected chi connectivity index (χ4v) is 3.90. The summed E-state index contributed by atoms with van der Waals surface area (Å²) >= 11 is 12.1. The Balaban J connectivity index is 0.00000274. The number of hydrogen-bond acceptors (Lipinski definition) is 2. The lowest BCUT2D eigenvalue weighted by atomic mass is 10.0. The minimum Gasteiger partial charge on any atom is -0.282 e. The summed E-state index contributed by atoms with van der Waals surface area (Å²) in [7, 11) is 0. The molecule has 0 aliphatic heterocycles. The smallest absolute Gasteiger partial charge is 0.282 e. The normalized spacial score (nSPS) is 11.4. The molecule has 0 unspecified atom stereocenters. The zero-order valence-corrected chi connectivity index (χ0v) is 19.6. The van der Waals surface area contributed by atoms with Crippen LogP contribution in [-0.4, -0.2) is 14.4 Å². The molecular weight excluding hydrogens is 506 g/mol. The Kier molecular flexibility index (Phi) is 6.58. The van der Waals surface area contributed by atoms with Crippen molar-refractivity contribution >= 4 is 41.4 Å². The highest BCUT2D eigenvalue weighted by Crippen LogP contribution is 2.36. The van der Waals surface area contributed by atoms with E-state index < -0.39 is 11.7 Å². The van der Waals surface area contributed by atoms with Crippen LogP contribution in [-0.2, 0) is 6.18 Å². The van der Waals surface area contributed by atoms with Crippen molar-refractivity contribution in [3.05, 3.63) is 101 Å². The summed E-state index contributed by atoms with van der Waals surface area (Å²) in [6, 6.07) is 19.7. The quantitative estimate of drug-likeness (QED) is 0.239. The van der Waals surface area contributed by atoms with Crippen molar-refractivity contribution in [1.29, 1.82) is 0 Å². The monoisotopic (exact) mass is 519 g/mol. The van der Waals surface area contributed by atoms with Gasteiger partial charge in [0.15, 0.2) is 0 Å². The summed E-state index contributed by atoms with van der Waals surface area (Å²) < 4.78 is 41.4. The highest BCUT2D eigenvalue weighted by Gasteiger charge is 2.30. The van der Waals surface area contributed by atoms with E-state index in [4.69, 9.17) is 28.2 Å². The third-order valence-corrected chi connectivity index (χ3v) is 5.74. The van der Waals surface area contributed by atoms with Crippen LogP contribution in [0.2, 0.25) is 10.0 Å². The van der Waals surface area contributed by atoms with E-state index >= 15 is 0 Å². The van der Waals surface area contributed by atoms with Gasteiger partial charge in [-0.3, -0.25) is 4.40 Å². The van der Waals surface area contributed by atoms with Crippen LogP contribution < -0.4 is 0 Å². The number of benzene rings is 3. The minimum atomic E-state index is -4.43. The summed E-state index contributed by atoms with van der Waals surface area (Å²) in [5, 5.41) is 1.18. The molecule has 5 aromatic rings. The van der Waals surface area contributed by atoms with Gasteiger partial charge in [-0.05, 0) is 42.0 Å². The topological polar surface area (TPSA) is 30.2 Å². The lowest BCUT2D eigenvalue weighted by molar-refractivity contribution is -0.137. The molecule has 3 nitrogen and oxygen atoms in total. The number of halogens is 6. The van der Waals surface area contributed by atoms with Gasteiger partial charge in [0.2, 0.25) is 5.78 Å².